The van der Waals surface area contributed by atoms with Gasteiger partial charge in [-0.3, -0.25) is 4.79 Å². The van der Waals surface area contributed by atoms with Crippen LogP contribution in [0.4, 0.5) is 5.82 Å². The molecule has 0 fully saturated rings. The fourth-order valence-electron chi connectivity index (χ4n) is 1.47. The Morgan fingerprint density at radius 1 is 1.26 bits per heavy atom. The summed E-state index contributed by atoms with van der Waals surface area (Å²) in [6.07, 6.45) is 0.793. The molecular formula is C14H14N2O3. The van der Waals surface area contributed by atoms with E-state index in [0.29, 0.717) is 5.75 Å². The Bertz CT molecular complexity index is 558. The molecule has 2 N–H and O–H groups in total. The van der Waals surface area contributed by atoms with Gasteiger partial charge < -0.3 is 15.2 Å². The zero-order valence-corrected chi connectivity index (χ0v) is 10.4. The number of para-hydroxylation sites is 1. The Hall–Kier alpha value is -2.56. The van der Waals surface area contributed by atoms with E-state index in [9.17, 15) is 9.90 Å². The predicted octanol–water partition coefficient (Wildman–Crippen LogP) is 2.19. The van der Waals surface area contributed by atoms with Crippen LogP contribution in [0.1, 0.15) is 6.92 Å². The number of pyridine rings is 1. The SMILES string of the molecule is CC(Oc1ccccc1)C(=O)Nc1ncccc1O. The van der Waals surface area contributed by atoms with Crippen LogP contribution in [0.3, 0.4) is 0 Å². The van der Waals surface area contributed by atoms with Crippen LogP contribution in [-0.2, 0) is 4.79 Å². The van der Waals surface area contributed by atoms with Crippen molar-refractivity contribution in [2.24, 2.45) is 0 Å². The van der Waals surface area contributed by atoms with E-state index in [-0.39, 0.29) is 17.5 Å². The van der Waals surface area contributed by atoms with Gasteiger partial charge in [0.05, 0.1) is 0 Å². The Balaban J connectivity index is 1.99. The highest BCUT2D eigenvalue weighted by Gasteiger charge is 2.16. The molecule has 0 aliphatic rings. The van der Waals surface area contributed by atoms with Crippen LogP contribution in [0.5, 0.6) is 11.5 Å². The first-order valence-electron chi connectivity index (χ1n) is 5.83. The van der Waals surface area contributed by atoms with Crippen molar-refractivity contribution < 1.29 is 14.6 Å². The molecule has 0 saturated carbocycles. The maximum atomic E-state index is 11.9. The summed E-state index contributed by atoms with van der Waals surface area (Å²) >= 11 is 0. The minimum absolute atomic E-state index is 0.0808. The zero-order chi connectivity index (χ0) is 13.7. The van der Waals surface area contributed by atoms with Gasteiger partial charge >= 0.3 is 0 Å². The minimum Gasteiger partial charge on any atom is -0.504 e. The minimum atomic E-state index is -0.691. The Kier molecular flexibility index (Phi) is 3.97. The number of benzene rings is 1. The summed E-state index contributed by atoms with van der Waals surface area (Å²) in [6, 6.07) is 12.1. The van der Waals surface area contributed by atoms with Gasteiger partial charge in [0.15, 0.2) is 17.7 Å². The molecule has 0 bridgehead atoms. The highest BCUT2D eigenvalue weighted by molar-refractivity contribution is 5.94. The molecule has 0 aliphatic carbocycles. The highest BCUT2D eigenvalue weighted by atomic mass is 16.5. The van der Waals surface area contributed by atoms with E-state index in [1.807, 2.05) is 18.2 Å². The van der Waals surface area contributed by atoms with Gasteiger partial charge in [-0.15, -0.1) is 0 Å². The molecule has 2 rings (SSSR count). The first-order chi connectivity index (χ1) is 9.16. The average Bonchev–Trinajstić information content (AvgIpc) is 2.42. The van der Waals surface area contributed by atoms with Crippen molar-refractivity contribution in [3.05, 3.63) is 48.7 Å². The largest absolute Gasteiger partial charge is 0.504 e. The van der Waals surface area contributed by atoms with Gasteiger partial charge in [0.25, 0.3) is 5.91 Å². The third kappa shape index (κ3) is 3.45. The molecule has 1 aromatic carbocycles. The number of aromatic hydroxyl groups is 1. The smallest absolute Gasteiger partial charge is 0.266 e. The van der Waals surface area contributed by atoms with Crippen LogP contribution in [-0.4, -0.2) is 22.1 Å². The van der Waals surface area contributed by atoms with Crippen molar-refractivity contribution in [3.63, 3.8) is 0 Å². The molecular weight excluding hydrogens is 244 g/mol. The summed E-state index contributed by atoms with van der Waals surface area (Å²) < 4.78 is 5.47. The van der Waals surface area contributed by atoms with Crippen molar-refractivity contribution in [1.29, 1.82) is 0 Å². The fraction of sp³-hybridized carbons (Fsp3) is 0.143. The van der Waals surface area contributed by atoms with Crippen LogP contribution in [0, 0.1) is 0 Å². The van der Waals surface area contributed by atoms with Crippen LogP contribution >= 0.6 is 0 Å². The van der Waals surface area contributed by atoms with E-state index in [1.54, 1.807) is 25.1 Å². The lowest BCUT2D eigenvalue weighted by molar-refractivity contribution is -0.122. The summed E-state index contributed by atoms with van der Waals surface area (Å²) in [5.41, 5.74) is 0. The third-order valence-electron chi connectivity index (χ3n) is 2.45. The number of anilines is 1. The quantitative estimate of drug-likeness (QED) is 0.881. The van der Waals surface area contributed by atoms with Crippen LogP contribution < -0.4 is 10.1 Å². The van der Waals surface area contributed by atoms with E-state index in [0.717, 1.165) is 0 Å². The van der Waals surface area contributed by atoms with Gasteiger partial charge in [-0.2, -0.15) is 0 Å². The maximum Gasteiger partial charge on any atom is 0.266 e. The molecule has 1 aromatic heterocycles. The second-order valence-electron chi connectivity index (χ2n) is 3.93. The van der Waals surface area contributed by atoms with Crippen LogP contribution in [0.25, 0.3) is 0 Å². The molecule has 0 saturated heterocycles. The van der Waals surface area contributed by atoms with Crippen LogP contribution in [0.15, 0.2) is 48.7 Å². The Morgan fingerprint density at radius 3 is 2.68 bits per heavy atom. The average molecular weight is 258 g/mol. The number of ether oxygens (including phenoxy) is 1. The lowest BCUT2D eigenvalue weighted by Crippen LogP contribution is -2.30. The van der Waals surface area contributed by atoms with E-state index < -0.39 is 6.10 Å². The van der Waals surface area contributed by atoms with Gasteiger partial charge in [-0.25, -0.2) is 4.98 Å². The summed E-state index contributed by atoms with van der Waals surface area (Å²) in [5, 5.41) is 12.0. The number of amides is 1. The molecule has 0 radical (unpaired) electrons. The van der Waals surface area contributed by atoms with Gasteiger partial charge in [-0.1, -0.05) is 18.2 Å². The second kappa shape index (κ2) is 5.86. The lowest BCUT2D eigenvalue weighted by atomic mass is 10.3. The van der Waals surface area contributed by atoms with E-state index in [2.05, 4.69) is 10.3 Å². The van der Waals surface area contributed by atoms with E-state index in [4.69, 9.17) is 4.74 Å². The molecule has 5 nitrogen and oxygen atoms in total. The van der Waals surface area contributed by atoms with Gasteiger partial charge in [0.2, 0.25) is 0 Å². The molecule has 5 heteroatoms. The molecule has 1 unspecified atom stereocenters. The molecule has 19 heavy (non-hydrogen) atoms. The number of carbonyl (C=O) groups excluding carboxylic acids is 1. The number of nitrogens with one attached hydrogen (secondary N) is 1. The van der Waals surface area contributed by atoms with E-state index >= 15 is 0 Å². The van der Waals surface area contributed by atoms with E-state index in [1.165, 1.54) is 12.3 Å². The standard InChI is InChI=1S/C14H14N2O3/c1-10(19-11-6-3-2-4-7-11)14(18)16-13-12(17)8-5-9-15-13/h2-10,17H,1H3,(H,15,16,18). The van der Waals surface area contributed by atoms with Gasteiger partial charge in [-0.05, 0) is 31.2 Å². The first-order valence-corrected chi connectivity index (χ1v) is 5.83. The summed E-state index contributed by atoms with van der Waals surface area (Å²) in [4.78, 5) is 15.8. The number of rotatable bonds is 4. The highest BCUT2D eigenvalue weighted by Crippen LogP contribution is 2.19. The molecule has 0 spiro atoms. The summed E-state index contributed by atoms with van der Waals surface area (Å²) in [6.45, 7) is 1.63. The monoisotopic (exact) mass is 258 g/mol. The number of carbonyl (C=O) groups is 1. The summed E-state index contributed by atoms with van der Waals surface area (Å²) in [5.74, 6) is 0.270. The van der Waals surface area contributed by atoms with Crippen molar-refractivity contribution in [1.82, 2.24) is 4.98 Å². The number of hydrogen-bond donors (Lipinski definition) is 2. The van der Waals surface area contributed by atoms with Crippen molar-refractivity contribution in [3.8, 4) is 11.5 Å². The second-order valence-corrected chi connectivity index (χ2v) is 3.93. The third-order valence-corrected chi connectivity index (χ3v) is 2.45. The number of nitrogens with zero attached hydrogens (tertiary/aromatic N) is 1. The first kappa shape index (κ1) is 12.9. The predicted molar refractivity (Wildman–Crippen MR) is 71.1 cm³/mol. The Labute approximate surface area is 110 Å². The molecule has 1 amide bonds. The van der Waals surface area contributed by atoms with Gasteiger partial charge in [0.1, 0.15) is 5.75 Å². The molecule has 1 atom stereocenters. The fourth-order valence-corrected chi connectivity index (χ4v) is 1.47. The molecule has 1 heterocycles. The van der Waals surface area contributed by atoms with Crippen molar-refractivity contribution in [2.45, 2.75) is 13.0 Å². The van der Waals surface area contributed by atoms with Crippen LogP contribution in [0.2, 0.25) is 0 Å². The zero-order valence-electron chi connectivity index (χ0n) is 10.4. The summed E-state index contributed by atoms with van der Waals surface area (Å²) in [7, 11) is 0. The normalized spacial score (nSPS) is 11.6. The Morgan fingerprint density at radius 2 is 2.00 bits per heavy atom. The van der Waals surface area contributed by atoms with Crippen molar-refractivity contribution >= 4 is 11.7 Å². The lowest BCUT2D eigenvalue weighted by Gasteiger charge is -2.14. The number of hydrogen-bond acceptors (Lipinski definition) is 4. The molecule has 98 valence electrons. The number of aromatic nitrogens is 1. The molecule has 2 aromatic rings. The topological polar surface area (TPSA) is 71.5 Å². The molecule has 0 aliphatic heterocycles. The maximum absolute atomic E-state index is 11.9. The van der Waals surface area contributed by atoms with Gasteiger partial charge in [0, 0.05) is 6.20 Å². The van der Waals surface area contributed by atoms with Crippen molar-refractivity contribution in [2.75, 3.05) is 5.32 Å².